The van der Waals surface area contributed by atoms with E-state index >= 15 is 0 Å². The van der Waals surface area contributed by atoms with Crippen molar-refractivity contribution in [2.45, 2.75) is 31.3 Å². The number of hydrogen-bond acceptors (Lipinski definition) is 5. The Morgan fingerprint density at radius 2 is 2.35 bits per heavy atom. The summed E-state index contributed by atoms with van der Waals surface area (Å²) in [6.07, 6.45) is 3.97. The van der Waals surface area contributed by atoms with Gasteiger partial charge in [0.25, 0.3) is 5.56 Å². The van der Waals surface area contributed by atoms with Crippen molar-refractivity contribution in [2.24, 2.45) is 0 Å². The van der Waals surface area contributed by atoms with Gasteiger partial charge in [-0.25, -0.2) is 4.98 Å². The Kier molecular flexibility index (Phi) is 3.31. The van der Waals surface area contributed by atoms with E-state index in [4.69, 9.17) is 0 Å². The van der Waals surface area contributed by atoms with Gasteiger partial charge in [-0.3, -0.25) is 14.2 Å². The molecule has 2 N–H and O–H groups in total. The van der Waals surface area contributed by atoms with Crippen molar-refractivity contribution in [1.82, 2.24) is 14.9 Å². The summed E-state index contributed by atoms with van der Waals surface area (Å²) < 4.78 is 1.30. The van der Waals surface area contributed by atoms with Crippen molar-refractivity contribution < 1.29 is 9.90 Å². The van der Waals surface area contributed by atoms with E-state index in [-0.39, 0.29) is 24.6 Å². The molecule has 1 aliphatic rings. The molecule has 1 saturated carbocycles. The fraction of sp³-hybridized carbons (Fsp3) is 0.462. The predicted molar refractivity (Wildman–Crippen MR) is 75.7 cm³/mol. The normalized spacial score (nSPS) is 16.9. The van der Waals surface area contributed by atoms with E-state index in [0.717, 1.165) is 19.3 Å². The second kappa shape index (κ2) is 4.99. The van der Waals surface area contributed by atoms with E-state index in [1.165, 1.54) is 22.2 Å². The highest BCUT2D eigenvalue weighted by Gasteiger charge is 2.37. The van der Waals surface area contributed by atoms with Crippen LogP contribution >= 0.6 is 11.3 Å². The molecule has 2 aromatic heterocycles. The summed E-state index contributed by atoms with van der Waals surface area (Å²) in [6.45, 7) is -0.130. The van der Waals surface area contributed by atoms with Gasteiger partial charge in [0.15, 0.2) is 0 Å². The lowest BCUT2D eigenvalue weighted by atomic mass is 9.77. The number of carbonyl (C=O) groups is 1. The van der Waals surface area contributed by atoms with E-state index in [0.29, 0.717) is 10.2 Å². The molecule has 0 bridgehead atoms. The standard InChI is InChI=1S/C13H15N3O3S/c17-7-13(3-1-4-13)15-10(18)6-16-8-14-11-9(12(16)19)2-5-20-11/h2,5,8,17H,1,3-4,6-7H2,(H,15,18). The molecule has 106 valence electrons. The topological polar surface area (TPSA) is 84.2 Å². The number of nitrogens with zero attached hydrogens (tertiary/aromatic N) is 2. The second-order valence-corrected chi connectivity index (χ2v) is 6.05. The van der Waals surface area contributed by atoms with E-state index in [9.17, 15) is 14.7 Å². The van der Waals surface area contributed by atoms with E-state index in [2.05, 4.69) is 10.3 Å². The zero-order chi connectivity index (χ0) is 14.2. The van der Waals surface area contributed by atoms with Crippen LogP contribution in [-0.4, -0.2) is 32.7 Å². The first-order valence-corrected chi connectivity index (χ1v) is 7.36. The van der Waals surface area contributed by atoms with Crippen LogP contribution in [0.4, 0.5) is 0 Å². The van der Waals surface area contributed by atoms with Gasteiger partial charge in [0.05, 0.1) is 23.9 Å². The van der Waals surface area contributed by atoms with Crippen molar-refractivity contribution >= 4 is 27.5 Å². The van der Waals surface area contributed by atoms with Gasteiger partial charge in [0, 0.05) is 0 Å². The second-order valence-electron chi connectivity index (χ2n) is 5.16. The average Bonchev–Trinajstić information content (AvgIpc) is 2.86. The third kappa shape index (κ3) is 2.23. The summed E-state index contributed by atoms with van der Waals surface area (Å²) in [5, 5.41) is 14.5. The maximum Gasteiger partial charge on any atom is 0.262 e. The third-order valence-corrected chi connectivity index (χ3v) is 4.60. The first kappa shape index (κ1) is 13.3. The number of rotatable bonds is 4. The van der Waals surface area contributed by atoms with Gasteiger partial charge in [-0.2, -0.15) is 0 Å². The molecule has 0 spiro atoms. The number of carbonyl (C=O) groups excluding carboxylic acids is 1. The van der Waals surface area contributed by atoms with E-state index in [1.807, 2.05) is 0 Å². The molecule has 0 aliphatic heterocycles. The molecule has 0 unspecified atom stereocenters. The molecule has 6 nitrogen and oxygen atoms in total. The Morgan fingerprint density at radius 1 is 1.55 bits per heavy atom. The molecule has 0 radical (unpaired) electrons. The number of hydrogen-bond donors (Lipinski definition) is 2. The molecule has 0 aromatic carbocycles. The third-order valence-electron chi connectivity index (χ3n) is 3.78. The lowest BCUT2D eigenvalue weighted by Crippen LogP contribution is -2.57. The summed E-state index contributed by atoms with van der Waals surface area (Å²) in [4.78, 5) is 29.0. The molecule has 7 heteroatoms. The Labute approximate surface area is 119 Å². The van der Waals surface area contributed by atoms with E-state index < -0.39 is 5.54 Å². The quantitative estimate of drug-likeness (QED) is 0.859. The van der Waals surface area contributed by atoms with Gasteiger partial charge in [-0.1, -0.05) is 0 Å². The highest BCUT2D eigenvalue weighted by atomic mass is 32.1. The maximum absolute atomic E-state index is 12.1. The summed E-state index contributed by atoms with van der Waals surface area (Å²) in [7, 11) is 0. The maximum atomic E-state index is 12.1. The molecule has 2 heterocycles. The number of thiophene rings is 1. The molecular weight excluding hydrogens is 278 g/mol. The fourth-order valence-electron chi connectivity index (χ4n) is 2.42. The minimum Gasteiger partial charge on any atom is -0.394 e. The van der Waals surface area contributed by atoms with Gasteiger partial charge in [-0.15, -0.1) is 11.3 Å². The van der Waals surface area contributed by atoms with Crippen LogP contribution in [-0.2, 0) is 11.3 Å². The number of nitrogens with one attached hydrogen (secondary N) is 1. The zero-order valence-electron chi connectivity index (χ0n) is 10.8. The Balaban J connectivity index is 1.77. The predicted octanol–water partition coefficient (Wildman–Crippen LogP) is 0.489. The SMILES string of the molecule is O=C(Cn1cnc2sccc2c1=O)NC1(CO)CCC1. The molecular formula is C13H15N3O3S. The fourth-order valence-corrected chi connectivity index (χ4v) is 3.15. The lowest BCUT2D eigenvalue weighted by molar-refractivity contribution is -0.125. The number of aromatic nitrogens is 2. The van der Waals surface area contributed by atoms with Crippen LogP contribution in [0.1, 0.15) is 19.3 Å². The number of aliphatic hydroxyl groups is 1. The van der Waals surface area contributed by atoms with Gasteiger partial charge in [-0.05, 0) is 30.7 Å². The molecule has 0 atom stereocenters. The summed E-state index contributed by atoms with van der Waals surface area (Å²) in [5.41, 5.74) is -0.696. The lowest BCUT2D eigenvalue weighted by Gasteiger charge is -2.40. The molecule has 3 rings (SSSR count). The molecule has 1 amide bonds. The Bertz CT molecular complexity index is 697. The van der Waals surface area contributed by atoms with Gasteiger partial charge < -0.3 is 10.4 Å². The van der Waals surface area contributed by atoms with Crippen molar-refractivity contribution in [2.75, 3.05) is 6.61 Å². The Hall–Kier alpha value is -1.73. The van der Waals surface area contributed by atoms with Crippen molar-refractivity contribution in [3.63, 3.8) is 0 Å². The first-order chi connectivity index (χ1) is 9.63. The van der Waals surface area contributed by atoms with Crippen molar-refractivity contribution in [3.8, 4) is 0 Å². The minimum atomic E-state index is -0.486. The van der Waals surface area contributed by atoms with Crippen LogP contribution in [0.15, 0.2) is 22.6 Å². The monoisotopic (exact) mass is 293 g/mol. The van der Waals surface area contributed by atoms with Crippen LogP contribution in [0.25, 0.3) is 10.2 Å². The number of fused-ring (bicyclic) bond motifs is 1. The van der Waals surface area contributed by atoms with Crippen LogP contribution in [0.2, 0.25) is 0 Å². The summed E-state index contributed by atoms with van der Waals surface area (Å²) in [5.74, 6) is -0.266. The Morgan fingerprint density at radius 3 is 3.00 bits per heavy atom. The largest absolute Gasteiger partial charge is 0.394 e. The van der Waals surface area contributed by atoms with Crippen LogP contribution in [0.5, 0.6) is 0 Å². The summed E-state index contributed by atoms with van der Waals surface area (Å²) in [6, 6.07) is 1.71. The van der Waals surface area contributed by atoms with Gasteiger partial charge in [0.1, 0.15) is 11.4 Å². The minimum absolute atomic E-state index is 0.0601. The number of aliphatic hydroxyl groups excluding tert-OH is 1. The molecule has 2 aromatic rings. The van der Waals surface area contributed by atoms with Gasteiger partial charge >= 0.3 is 0 Å². The van der Waals surface area contributed by atoms with E-state index in [1.54, 1.807) is 11.4 Å². The zero-order valence-corrected chi connectivity index (χ0v) is 11.7. The smallest absolute Gasteiger partial charge is 0.262 e. The molecule has 0 saturated heterocycles. The highest BCUT2D eigenvalue weighted by Crippen LogP contribution is 2.31. The molecule has 1 aliphatic carbocycles. The van der Waals surface area contributed by atoms with Crippen molar-refractivity contribution in [3.05, 3.63) is 28.1 Å². The van der Waals surface area contributed by atoms with Gasteiger partial charge in [0.2, 0.25) is 5.91 Å². The molecule has 1 fully saturated rings. The average molecular weight is 293 g/mol. The van der Waals surface area contributed by atoms with Crippen molar-refractivity contribution in [1.29, 1.82) is 0 Å². The van der Waals surface area contributed by atoms with Crippen LogP contribution in [0.3, 0.4) is 0 Å². The van der Waals surface area contributed by atoms with Crippen LogP contribution in [0, 0.1) is 0 Å². The van der Waals surface area contributed by atoms with Crippen LogP contribution < -0.4 is 10.9 Å². The molecule has 20 heavy (non-hydrogen) atoms. The highest BCUT2D eigenvalue weighted by molar-refractivity contribution is 7.16. The first-order valence-electron chi connectivity index (χ1n) is 6.48. The summed E-state index contributed by atoms with van der Waals surface area (Å²) >= 11 is 1.40. The number of amides is 1.